The second-order valence-electron chi connectivity index (χ2n) is 4.28. The minimum absolute atomic E-state index is 0.513. The molecule has 0 unspecified atom stereocenters. The van der Waals surface area contributed by atoms with Crippen LogP contribution >= 0.6 is 11.6 Å². The van der Waals surface area contributed by atoms with E-state index in [4.69, 9.17) is 11.6 Å². The lowest BCUT2D eigenvalue weighted by Crippen LogP contribution is -2.29. The van der Waals surface area contributed by atoms with Crippen LogP contribution < -0.4 is 10.6 Å². The summed E-state index contributed by atoms with van der Waals surface area (Å²) in [6.07, 6.45) is 0. The summed E-state index contributed by atoms with van der Waals surface area (Å²) in [6.45, 7) is 1.91. The Bertz CT molecular complexity index is 639. The maximum absolute atomic E-state index is 11.7. The van der Waals surface area contributed by atoms with Crippen LogP contribution in [0.5, 0.6) is 0 Å². The minimum atomic E-state index is -0.728. The van der Waals surface area contributed by atoms with E-state index in [9.17, 15) is 9.59 Å². The standard InChI is InChI=1S/C15H13ClN2O2/c1-10-3-2-4-13(9-10)18-15(20)14(19)17-12-7-5-11(16)6-8-12/h2-9H,1H3,(H,17,19)(H,18,20). The summed E-state index contributed by atoms with van der Waals surface area (Å²) in [5, 5.41) is 5.59. The first-order valence-electron chi connectivity index (χ1n) is 5.99. The first-order valence-corrected chi connectivity index (χ1v) is 6.37. The van der Waals surface area contributed by atoms with E-state index in [2.05, 4.69) is 10.6 Å². The van der Waals surface area contributed by atoms with Crippen LogP contribution in [0.3, 0.4) is 0 Å². The quantitative estimate of drug-likeness (QED) is 0.834. The maximum Gasteiger partial charge on any atom is 0.314 e. The number of amides is 2. The van der Waals surface area contributed by atoms with Crippen molar-refractivity contribution in [1.82, 2.24) is 0 Å². The highest BCUT2D eigenvalue weighted by Crippen LogP contribution is 2.14. The largest absolute Gasteiger partial charge is 0.318 e. The predicted octanol–water partition coefficient (Wildman–Crippen LogP) is 3.23. The third-order valence-electron chi connectivity index (χ3n) is 2.58. The smallest absolute Gasteiger partial charge is 0.314 e. The Labute approximate surface area is 121 Å². The van der Waals surface area contributed by atoms with Crippen LogP contribution in [0.25, 0.3) is 0 Å². The van der Waals surface area contributed by atoms with E-state index in [0.717, 1.165) is 5.56 Å². The van der Waals surface area contributed by atoms with Gasteiger partial charge in [-0.25, -0.2) is 0 Å². The molecule has 2 N–H and O–H groups in total. The zero-order valence-corrected chi connectivity index (χ0v) is 11.6. The van der Waals surface area contributed by atoms with Crippen molar-refractivity contribution in [1.29, 1.82) is 0 Å². The molecule has 0 saturated carbocycles. The summed E-state index contributed by atoms with van der Waals surface area (Å²) in [5.74, 6) is -1.45. The van der Waals surface area contributed by atoms with Crippen LogP contribution in [0.15, 0.2) is 48.5 Å². The molecular weight excluding hydrogens is 276 g/mol. The highest BCUT2D eigenvalue weighted by molar-refractivity contribution is 6.43. The summed E-state index contributed by atoms with van der Waals surface area (Å²) in [5.41, 5.74) is 2.10. The highest BCUT2D eigenvalue weighted by Gasteiger charge is 2.13. The number of carbonyl (C=O) groups is 2. The highest BCUT2D eigenvalue weighted by atomic mass is 35.5. The average molecular weight is 289 g/mol. The molecule has 0 aliphatic carbocycles. The van der Waals surface area contributed by atoms with Crippen LogP contribution in [-0.4, -0.2) is 11.8 Å². The molecule has 0 fully saturated rings. The number of rotatable bonds is 2. The molecule has 0 atom stereocenters. The molecule has 0 aliphatic heterocycles. The summed E-state index contributed by atoms with van der Waals surface area (Å²) in [4.78, 5) is 23.5. The fourth-order valence-electron chi connectivity index (χ4n) is 1.63. The van der Waals surface area contributed by atoms with Crippen molar-refractivity contribution in [3.05, 3.63) is 59.1 Å². The molecule has 0 aliphatic rings. The third kappa shape index (κ3) is 3.83. The Morgan fingerprint density at radius 1 is 0.900 bits per heavy atom. The van der Waals surface area contributed by atoms with Gasteiger partial charge >= 0.3 is 11.8 Å². The van der Waals surface area contributed by atoms with E-state index in [1.165, 1.54) is 0 Å². The molecule has 2 rings (SSSR count). The second kappa shape index (κ2) is 6.21. The summed E-state index contributed by atoms with van der Waals surface area (Å²) in [7, 11) is 0. The SMILES string of the molecule is Cc1cccc(NC(=O)C(=O)Nc2ccc(Cl)cc2)c1. The predicted molar refractivity (Wildman–Crippen MR) is 79.9 cm³/mol. The van der Waals surface area contributed by atoms with Crippen LogP contribution in [0.1, 0.15) is 5.56 Å². The Kier molecular flexibility index (Phi) is 4.38. The Morgan fingerprint density at radius 3 is 2.10 bits per heavy atom. The van der Waals surface area contributed by atoms with E-state index >= 15 is 0 Å². The molecule has 0 saturated heterocycles. The fourth-order valence-corrected chi connectivity index (χ4v) is 1.76. The number of nitrogens with one attached hydrogen (secondary N) is 2. The van der Waals surface area contributed by atoms with Crippen molar-refractivity contribution in [2.24, 2.45) is 0 Å². The van der Waals surface area contributed by atoms with Crippen molar-refractivity contribution in [2.75, 3.05) is 10.6 Å². The van der Waals surface area contributed by atoms with Crippen molar-refractivity contribution in [2.45, 2.75) is 6.92 Å². The van der Waals surface area contributed by atoms with Gasteiger partial charge in [0, 0.05) is 16.4 Å². The van der Waals surface area contributed by atoms with Gasteiger partial charge in [-0.3, -0.25) is 9.59 Å². The Hall–Kier alpha value is -2.33. The summed E-state index contributed by atoms with van der Waals surface area (Å²) < 4.78 is 0. The van der Waals surface area contributed by atoms with Crippen molar-refractivity contribution in [3.8, 4) is 0 Å². The number of benzene rings is 2. The van der Waals surface area contributed by atoms with E-state index in [-0.39, 0.29) is 0 Å². The maximum atomic E-state index is 11.7. The van der Waals surface area contributed by atoms with Gasteiger partial charge in [-0.05, 0) is 48.9 Å². The third-order valence-corrected chi connectivity index (χ3v) is 2.84. The van der Waals surface area contributed by atoms with Gasteiger partial charge in [0.1, 0.15) is 0 Å². The van der Waals surface area contributed by atoms with Gasteiger partial charge in [0.15, 0.2) is 0 Å². The molecule has 20 heavy (non-hydrogen) atoms. The first-order chi connectivity index (χ1) is 9.54. The molecule has 5 heteroatoms. The van der Waals surface area contributed by atoms with Crippen LogP contribution in [0.2, 0.25) is 5.02 Å². The number of hydrogen-bond acceptors (Lipinski definition) is 2. The first kappa shape index (κ1) is 14.1. The molecule has 2 amide bonds. The average Bonchev–Trinajstić information content (AvgIpc) is 2.41. The van der Waals surface area contributed by atoms with E-state index in [1.54, 1.807) is 36.4 Å². The topological polar surface area (TPSA) is 58.2 Å². The monoisotopic (exact) mass is 288 g/mol. The normalized spacial score (nSPS) is 9.90. The molecule has 0 bridgehead atoms. The van der Waals surface area contributed by atoms with Crippen molar-refractivity contribution < 1.29 is 9.59 Å². The van der Waals surface area contributed by atoms with Gasteiger partial charge in [0.05, 0.1) is 0 Å². The van der Waals surface area contributed by atoms with Gasteiger partial charge in [-0.15, -0.1) is 0 Å². The molecule has 2 aromatic rings. The minimum Gasteiger partial charge on any atom is -0.318 e. The fraction of sp³-hybridized carbons (Fsp3) is 0.0667. The zero-order chi connectivity index (χ0) is 14.5. The van der Waals surface area contributed by atoms with Crippen LogP contribution in [-0.2, 0) is 9.59 Å². The number of hydrogen-bond donors (Lipinski definition) is 2. The van der Waals surface area contributed by atoms with Gasteiger partial charge < -0.3 is 10.6 Å². The van der Waals surface area contributed by atoms with E-state index in [0.29, 0.717) is 16.4 Å². The van der Waals surface area contributed by atoms with Gasteiger partial charge in [0.2, 0.25) is 0 Å². The number of aryl methyl sites for hydroxylation is 1. The van der Waals surface area contributed by atoms with Crippen molar-refractivity contribution in [3.63, 3.8) is 0 Å². The summed E-state index contributed by atoms with van der Waals surface area (Å²) in [6, 6.07) is 13.7. The zero-order valence-electron chi connectivity index (χ0n) is 10.8. The molecule has 0 radical (unpaired) electrons. The van der Waals surface area contributed by atoms with Crippen LogP contribution in [0, 0.1) is 6.92 Å². The van der Waals surface area contributed by atoms with Gasteiger partial charge in [0.25, 0.3) is 0 Å². The van der Waals surface area contributed by atoms with Crippen LogP contribution in [0.4, 0.5) is 11.4 Å². The number of carbonyl (C=O) groups excluding carboxylic acids is 2. The number of halogens is 1. The van der Waals surface area contributed by atoms with Gasteiger partial charge in [-0.1, -0.05) is 23.7 Å². The van der Waals surface area contributed by atoms with Gasteiger partial charge in [-0.2, -0.15) is 0 Å². The molecule has 0 spiro atoms. The molecule has 4 nitrogen and oxygen atoms in total. The molecular formula is C15H13ClN2O2. The molecule has 2 aromatic carbocycles. The van der Waals surface area contributed by atoms with E-state index < -0.39 is 11.8 Å². The Morgan fingerprint density at radius 2 is 1.50 bits per heavy atom. The summed E-state index contributed by atoms with van der Waals surface area (Å²) >= 11 is 5.74. The molecule has 0 aromatic heterocycles. The lowest BCUT2D eigenvalue weighted by Gasteiger charge is -2.07. The number of anilines is 2. The van der Waals surface area contributed by atoms with Crippen molar-refractivity contribution >= 4 is 34.8 Å². The molecule has 0 heterocycles. The molecule has 102 valence electrons. The Balaban J connectivity index is 1.98. The van der Waals surface area contributed by atoms with E-state index in [1.807, 2.05) is 19.1 Å². The lowest BCUT2D eigenvalue weighted by molar-refractivity contribution is -0.132. The lowest BCUT2D eigenvalue weighted by atomic mass is 10.2. The second-order valence-corrected chi connectivity index (χ2v) is 4.72.